The van der Waals surface area contributed by atoms with E-state index in [-0.39, 0.29) is 41.4 Å². The maximum absolute atomic E-state index is 14.0. The molecule has 1 aliphatic rings. The van der Waals surface area contributed by atoms with Crippen LogP contribution in [0.1, 0.15) is 32.8 Å². The van der Waals surface area contributed by atoms with Crippen LogP contribution in [-0.4, -0.2) is 63.5 Å². The van der Waals surface area contributed by atoms with Gasteiger partial charge in [-0.05, 0) is 68.7 Å². The topological polar surface area (TPSA) is 105 Å². The van der Waals surface area contributed by atoms with Crippen molar-refractivity contribution in [3.8, 4) is 11.5 Å². The van der Waals surface area contributed by atoms with Gasteiger partial charge in [0.25, 0.3) is 10.0 Å². The Kier molecular flexibility index (Phi) is 10.1. The molecule has 2 amide bonds. The Morgan fingerprint density at radius 1 is 0.952 bits per heavy atom. The third-order valence-electron chi connectivity index (χ3n) is 7.15. The molecule has 0 spiro atoms. The highest BCUT2D eigenvalue weighted by atomic mass is 32.2. The fraction of sp³-hybridized carbons (Fsp3) is 0.355. The molecule has 0 aromatic heterocycles. The molecule has 1 heterocycles. The van der Waals surface area contributed by atoms with E-state index in [2.05, 4.69) is 5.32 Å². The number of nitrogens with one attached hydrogen (secondary N) is 1. The zero-order valence-corrected chi connectivity index (χ0v) is 24.8. The minimum atomic E-state index is -4.34. The quantitative estimate of drug-likeness (QED) is 0.336. The van der Waals surface area contributed by atoms with E-state index >= 15 is 0 Å². The van der Waals surface area contributed by atoms with Crippen molar-refractivity contribution < 1.29 is 31.9 Å². The van der Waals surface area contributed by atoms with Gasteiger partial charge in [0.1, 0.15) is 31.6 Å². The molecule has 0 saturated carbocycles. The van der Waals surface area contributed by atoms with E-state index < -0.39 is 34.3 Å². The smallest absolute Gasteiger partial charge is 0.264 e. The van der Waals surface area contributed by atoms with Crippen molar-refractivity contribution in [1.82, 2.24) is 10.2 Å². The molecule has 1 N–H and O–H groups in total. The number of nitrogens with zero attached hydrogens (tertiary/aromatic N) is 2. The summed E-state index contributed by atoms with van der Waals surface area (Å²) in [5.41, 5.74) is 1.06. The third-order valence-corrected chi connectivity index (χ3v) is 8.92. The lowest BCUT2D eigenvalue weighted by atomic mass is 10.1. The molecule has 1 aliphatic heterocycles. The van der Waals surface area contributed by atoms with Gasteiger partial charge in [0.05, 0.1) is 10.6 Å². The van der Waals surface area contributed by atoms with Crippen molar-refractivity contribution in [3.63, 3.8) is 0 Å². The summed E-state index contributed by atoms with van der Waals surface area (Å²) < 4.78 is 53.9. The molecule has 0 saturated heterocycles. The fourth-order valence-electron chi connectivity index (χ4n) is 4.48. The van der Waals surface area contributed by atoms with E-state index in [1.54, 1.807) is 6.92 Å². The Bertz CT molecular complexity index is 1480. The Morgan fingerprint density at radius 2 is 1.62 bits per heavy atom. The van der Waals surface area contributed by atoms with Crippen LogP contribution in [0, 0.1) is 5.82 Å². The maximum Gasteiger partial charge on any atom is 0.264 e. The Hall–Kier alpha value is -4.12. The first-order valence-electron chi connectivity index (χ1n) is 13.9. The molecule has 3 aromatic rings. The zero-order valence-electron chi connectivity index (χ0n) is 24.0. The summed E-state index contributed by atoms with van der Waals surface area (Å²) in [5, 5.41) is 2.91. The summed E-state index contributed by atoms with van der Waals surface area (Å²) >= 11 is 0. The van der Waals surface area contributed by atoms with Gasteiger partial charge < -0.3 is 19.7 Å². The van der Waals surface area contributed by atoms with E-state index in [1.807, 2.05) is 44.2 Å². The number of carbonyl (C=O) groups excluding carboxylic acids is 2. The molecule has 3 aromatic carbocycles. The normalized spacial score (nSPS) is 14.0. The van der Waals surface area contributed by atoms with Gasteiger partial charge in [0, 0.05) is 18.7 Å². The van der Waals surface area contributed by atoms with Crippen LogP contribution in [0.4, 0.5) is 10.1 Å². The molecule has 0 unspecified atom stereocenters. The predicted molar refractivity (Wildman–Crippen MR) is 158 cm³/mol. The molecule has 0 radical (unpaired) electrons. The van der Waals surface area contributed by atoms with Crippen LogP contribution >= 0.6 is 0 Å². The molecule has 2 atom stereocenters. The third kappa shape index (κ3) is 7.39. The summed E-state index contributed by atoms with van der Waals surface area (Å²) in [6.45, 7) is 5.62. The lowest BCUT2D eigenvalue weighted by molar-refractivity contribution is -0.139. The Balaban J connectivity index is 1.67. The number of carbonyl (C=O) groups is 2. The van der Waals surface area contributed by atoms with Gasteiger partial charge in [-0.3, -0.25) is 13.9 Å². The van der Waals surface area contributed by atoms with Gasteiger partial charge in [-0.2, -0.15) is 0 Å². The SMILES string of the molecule is CC[C@@H](C)NC(=O)[C@@H](C)N(CCc1ccccc1)C(=O)CN(c1ccc(F)cc1)S(=O)(=O)c1ccc2c(c1)OCCO2. The van der Waals surface area contributed by atoms with Gasteiger partial charge >= 0.3 is 0 Å². The average Bonchev–Trinajstić information content (AvgIpc) is 3.00. The summed E-state index contributed by atoms with van der Waals surface area (Å²) in [7, 11) is -4.34. The lowest BCUT2D eigenvalue weighted by Crippen LogP contribution is -2.53. The molecular formula is C31H36FN3O6S. The summed E-state index contributed by atoms with van der Waals surface area (Å²) in [5.74, 6) is -0.788. The van der Waals surface area contributed by atoms with Crippen molar-refractivity contribution in [3.05, 3.63) is 84.2 Å². The number of benzene rings is 3. The number of amides is 2. The van der Waals surface area contributed by atoms with Crippen molar-refractivity contribution in [2.45, 2.75) is 50.6 Å². The van der Waals surface area contributed by atoms with Crippen LogP contribution in [0.15, 0.2) is 77.7 Å². The van der Waals surface area contributed by atoms with E-state index in [1.165, 1.54) is 35.2 Å². The number of halogens is 1. The van der Waals surface area contributed by atoms with Gasteiger partial charge in [0.15, 0.2) is 11.5 Å². The minimum absolute atomic E-state index is 0.0966. The molecule has 0 bridgehead atoms. The van der Waals surface area contributed by atoms with Gasteiger partial charge in [-0.1, -0.05) is 37.3 Å². The minimum Gasteiger partial charge on any atom is -0.486 e. The molecular weight excluding hydrogens is 561 g/mol. The average molecular weight is 598 g/mol. The first-order chi connectivity index (χ1) is 20.1. The first-order valence-corrected chi connectivity index (χ1v) is 15.4. The molecule has 9 nitrogen and oxygen atoms in total. The van der Waals surface area contributed by atoms with Crippen LogP contribution in [0.2, 0.25) is 0 Å². The molecule has 42 heavy (non-hydrogen) atoms. The van der Waals surface area contributed by atoms with Crippen LogP contribution in [0.5, 0.6) is 11.5 Å². The lowest BCUT2D eigenvalue weighted by Gasteiger charge is -2.32. The highest BCUT2D eigenvalue weighted by molar-refractivity contribution is 7.92. The number of rotatable bonds is 12. The monoisotopic (exact) mass is 597 g/mol. The van der Waals surface area contributed by atoms with E-state index in [0.29, 0.717) is 25.2 Å². The van der Waals surface area contributed by atoms with Crippen molar-refractivity contribution in [2.24, 2.45) is 0 Å². The number of hydrogen-bond donors (Lipinski definition) is 1. The largest absolute Gasteiger partial charge is 0.486 e. The van der Waals surface area contributed by atoms with Gasteiger partial charge in [0.2, 0.25) is 11.8 Å². The second kappa shape index (κ2) is 13.7. The van der Waals surface area contributed by atoms with Crippen molar-refractivity contribution >= 4 is 27.5 Å². The number of anilines is 1. The van der Waals surface area contributed by atoms with Gasteiger partial charge in [-0.25, -0.2) is 12.8 Å². The summed E-state index contributed by atoms with van der Waals surface area (Å²) in [6.07, 6.45) is 1.17. The second-order valence-corrected chi connectivity index (χ2v) is 12.0. The molecule has 0 fully saturated rings. The maximum atomic E-state index is 14.0. The zero-order chi connectivity index (χ0) is 30.3. The van der Waals surface area contributed by atoms with E-state index in [0.717, 1.165) is 22.0 Å². The molecule has 0 aliphatic carbocycles. The predicted octanol–water partition coefficient (Wildman–Crippen LogP) is 4.17. The number of fused-ring (bicyclic) bond motifs is 1. The molecule has 4 rings (SSSR count). The molecule has 11 heteroatoms. The Morgan fingerprint density at radius 3 is 2.29 bits per heavy atom. The van der Waals surface area contributed by atoms with Gasteiger partial charge in [-0.15, -0.1) is 0 Å². The number of ether oxygens (including phenoxy) is 2. The highest BCUT2D eigenvalue weighted by Gasteiger charge is 2.33. The van der Waals surface area contributed by atoms with E-state index in [4.69, 9.17) is 9.47 Å². The van der Waals surface area contributed by atoms with E-state index in [9.17, 15) is 22.4 Å². The number of sulfonamides is 1. The Labute approximate surface area is 246 Å². The summed E-state index contributed by atoms with van der Waals surface area (Å²) in [4.78, 5) is 28.3. The van der Waals surface area contributed by atoms with Crippen LogP contribution in [0.3, 0.4) is 0 Å². The second-order valence-electron chi connectivity index (χ2n) is 10.1. The summed E-state index contributed by atoms with van der Waals surface area (Å²) in [6, 6.07) is 17.6. The standard InChI is InChI=1S/C31H36FN3O6S/c1-4-22(2)33-31(37)23(3)34(17-16-24-8-6-5-7-9-24)30(36)21-35(26-12-10-25(32)11-13-26)42(38,39)27-14-15-28-29(20-27)41-19-18-40-28/h5-15,20,22-23H,4,16-19,21H2,1-3H3,(H,33,37)/t22-,23-/m1/s1. The highest BCUT2D eigenvalue weighted by Crippen LogP contribution is 2.34. The van der Waals surface area contributed by atoms with Crippen molar-refractivity contribution in [2.75, 3.05) is 30.6 Å². The fourth-order valence-corrected chi connectivity index (χ4v) is 5.91. The van der Waals surface area contributed by atoms with Crippen LogP contribution in [0.25, 0.3) is 0 Å². The van der Waals surface area contributed by atoms with Crippen LogP contribution < -0.4 is 19.1 Å². The van der Waals surface area contributed by atoms with Crippen LogP contribution in [-0.2, 0) is 26.0 Å². The molecule has 224 valence electrons. The number of hydrogen-bond acceptors (Lipinski definition) is 6. The first kappa shape index (κ1) is 30.8. The van der Waals surface area contributed by atoms with Crippen molar-refractivity contribution in [1.29, 1.82) is 0 Å².